The van der Waals surface area contributed by atoms with Crippen LogP contribution in [0.4, 0.5) is 0 Å². The molecular weight excluding hydrogens is 400 g/mol. The molecule has 2 aromatic carbocycles. The molecule has 3 rings (SSSR count). The van der Waals surface area contributed by atoms with Crippen LogP contribution in [0.1, 0.15) is 43.6 Å². The van der Waals surface area contributed by atoms with E-state index in [2.05, 4.69) is 50.0 Å². The lowest BCUT2D eigenvalue weighted by atomic mass is 10.1. The molecule has 0 saturated heterocycles. The summed E-state index contributed by atoms with van der Waals surface area (Å²) in [7, 11) is 1.64. The Morgan fingerprint density at radius 1 is 1.03 bits per heavy atom. The standard InChI is InChI=1S/C26H34N4O2/c1-19(2)30(20(3)4)16-15-27-26(31)24-18-29(17-21-9-7-6-8-10-21)28-25(24)22-11-13-23(32-5)14-12-22/h6-14,18-20H,15-17H2,1-5H3,(H,27,31). The van der Waals surface area contributed by atoms with Crippen molar-refractivity contribution in [1.82, 2.24) is 20.0 Å². The Balaban J connectivity index is 1.82. The molecule has 1 heterocycles. The monoisotopic (exact) mass is 434 g/mol. The van der Waals surface area contributed by atoms with Crippen LogP contribution in [0.15, 0.2) is 60.8 Å². The van der Waals surface area contributed by atoms with E-state index in [0.29, 0.717) is 36.4 Å². The highest BCUT2D eigenvalue weighted by Gasteiger charge is 2.19. The predicted molar refractivity (Wildman–Crippen MR) is 129 cm³/mol. The summed E-state index contributed by atoms with van der Waals surface area (Å²) in [6.45, 7) is 10.7. The van der Waals surface area contributed by atoms with Crippen LogP contribution in [-0.4, -0.2) is 52.9 Å². The number of aromatic nitrogens is 2. The SMILES string of the molecule is COc1ccc(-c2nn(Cc3ccccc3)cc2C(=O)NCCN(C(C)C)C(C)C)cc1. The maximum Gasteiger partial charge on any atom is 0.255 e. The van der Waals surface area contributed by atoms with Gasteiger partial charge in [0, 0.05) is 36.9 Å². The minimum Gasteiger partial charge on any atom is -0.497 e. The zero-order valence-electron chi connectivity index (χ0n) is 19.7. The number of nitrogens with one attached hydrogen (secondary N) is 1. The van der Waals surface area contributed by atoms with Gasteiger partial charge in [-0.2, -0.15) is 5.10 Å². The van der Waals surface area contributed by atoms with E-state index in [0.717, 1.165) is 23.4 Å². The lowest BCUT2D eigenvalue weighted by molar-refractivity contribution is 0.0940. The van der Waals surface area contributed by atoms with Gasteiger partial charge in [-0.05, 0) is 57.5 Å². The zero-order chi connectivity index (χ0) is 23.1. The average Bonchev–Trinajstić information content (AvgIpc) is 3.20. The van der Waals surface area contributed by atoms with Gasteiger partial charge in [-0.3, -0.25) is 14.4 Å². The third kappa shape index (κ3) is 5.98. The van der Waals surface area contributed by atoms with Gasteiger partial charge in [-0.1, -0.05) is 30.3 Å². The molecule has 6 heteroatoms. The van der Waals surface area contributed by atoms with Crippen molar-refractivity contribution in [2.24, 2.45) is 0 Å². The predicted octanol–water partition coefficient (Wildman–Crippen LogP) is 4.46. The molecule has 0 fully saturated rings. The van der Waals surface area contributed by atoms with Gasteiger partial charge in [0.1, 0.15) is 11.4 Å². The second-order valence-electron chi connectivity index (χ2n) is 8.48. The van der Waals surface area contributed by atoms with Crippen molar-refractivity contribution in [1.29, 1.82) is 0 Å². The van der Waals surface area contributed by atoms with Crippen molar-refractivity contribution in [2.75, 3.05) is 20.2 Å². The molecule has 0 unspecified atom stereocenters. The number of rotatable bonds is 10. The molecule has 1 amide bonds. The third-order valence-electron chi connectivity index (χ3n) is 5.54. The first-order valence-corrected chi connectivity index (χ1v) is 11.2. The number of amides is 1. The van der Waals surface area contributed by atoms with E-state index < -0.39 is 0 Å². The zero-order valence-corrected chi connectivity index (χ0v) is 19.7. The molecule has 32 heavy (non-hydrogen) atoms. The molecule has 0 saturated carbocycles. The maximum atomic E-state index is 13.1. The number of carbonyl (C=O) groups is 1. The van der Waals surface area contributed by atoms with Gasteiger partial charge in [-0.15, -0.1) is 0 Å². The Labute approximate surface area is 191 Å². The highest BCUT2D eigenvalue weighted by Crippen LogP contribution is 2.25. The summed E-state index contributed by atoms with van der Waals surface area (Å²) < 4.78 is 7.10. The van der Waals surface area contributed by atoms with Crippen LogP contribution in [0.3, 0.4) is 0 Å². The number of nitrogens with zero attached hydrogens (tertiary/aromatic N) is 3. The third-order valence-corrected chi connectivity index (χ3v) is 5.54. The fourth-order valence-electron chi connectivity index (χ4n) is 3.91. The summed E-state index contributed by atoms with van der Waals surface area (Å²) in [4.78, 5) is 15.5. The molecule has 3 aromatic rings. The van der Waals surface area contributed by atoms with Gasteiger partial charge in [-0.25, -0.2) is 0 Å². The highest BCUT2D eigenvalue weighted by molar-refractivity contribution is 5.99. The van der Waals surface area contributed by atoms with Crippen LogP contribution in [0.5, 0.6) is 5.75 Å². The van der Waals surface area contributed by atoms with Crippen molar-refractivity contribution in [3.8, 4) is 17.0 Å². The fourth-order valence-corrected chi connectivity index (χ4v) is 3.91. The van der Waals surface area contributed by atoms with Gasteiger partial charge < -0.3 is 10.1 Å². The molecule has 6 nitrogen and oxygen atoms in total. The summed E-state index contributed by atoms with van der Waals surface area (Å²) in [5.41, 5.74) is 3.26. The van der Waals surface area contributed by atoms with E-state index in [9.17, 15) is 4.79 Å². The van der Waals surface area contributed by atoms with E-state index in [4.69, 9.17) is 9.84 Å². The molecule has 0 radical (unpaired) electrons. The van der Waals surface area contributed by atoms with E-state index >= 15 is 0 Å². The first kappa shape index (κ1) is 23.5. The smallest absolute Gasteiger partial charge is 0.255 e. The molecule has 0 bridgehead atoms. The Morgan fingerprint density at radius 2 is 1.69 bits per heavy atom. The summed E-state index contributed by atoms with van der Waals surface area (Å²) >= 11 is 0. The van der Waals surface area contributed by atoms with E-state index in [1.165, 1.54) is 0 Å². The van der Waals surface area contributed by atoms with Crippen LogP contribution in [0.25, 0.3) is 11.3 Å². The van der Waals surface area contributed by atoms with Crippen LogP contribution in [-0.2, 0) is 6.54 Å². The van der Waals surface area contributed by atoms with Gasteiger partial charge in [0.2, 0.25) is 0 Å². The average molecular weight is 435 g/mol. The molecule has 0 spiro atoms. The minimum absolute atomic E-state index is 0.109. The van der Waals surface area contributed by atoms with Gasteiger partial charge in [0.25, 0.3) is 5.91 Å². The highest BCUT2D eigenvalue weighted by atomic mass is 16.5. The second-order valence-corrected chi connectivity index (χ2v) is 8.48. The molecule has 1 N–H and O–H groups in total. The summed E-state index contributed by atoms with van der Waals surface area (Å²) in [5, 5.41) is 7.85. The minimum atomic E-state index is -0.109. The number of carbonyl (C=O) groups excluding carboxylic acids is 1. The molecular formula is C26H34N4O2. The topological polar surface area (TPSA) is 59.4 Å². The van der Waals surface area contributed by atoms with Crippen LogP contribution < -0.4 is 10.1 Å². The molecule has 1 aromatic heterocycles. The van der Waals surface area contributed by atoms with Crippen molar-refractivity contribution in [3.05, 3.63) is 71.9 Å². The Hall–Kier alpha value is -3.12. The lowest BCUT2D eigenvalue weighted by Crippen LogP contribution is -2.42. The van der Waals surface area contributed by atoms with Gasteiger partial charge in [0.05, 0.1) is 19.2 Å². The Bertz CT molecular complexity index is 986. The number of hydrogen-bond donors (Lipinski definition) is 1. The largest absolute Gasteiger partial charge is 0.497 e. The fraction of sp³-hybridized carbons (Fsp3) is 0.385. The van der Waals surface area contributed by atoms with E-state index in [1.807, 2.05) is 53.3 Å². The van der Waals surface area contributed by atoms with Crippen LogP contribution in [0.2, 0.25) is 0 Å². The second kappa shape index (κ2) is 11.0. The van der Waals surface area contributed by atoms with Crippen LogP contribution >= 0.6 is 0 Å². The quantitative estimate of drug-likeness (QED) is 0.512. The van der Waals surface area contributed by atoms with Crippen molar-refractivity contribution in [3.63, 3.8) is 0 Å². The number of ether oxygens (including phenoxy) is 1. The van der Waals surface area contributed by atoms with Crippen molar-refractivity contribution >= 4 is 5.91 Å². The number of methoxy groups -OCH3 is 1. The maximum absolute atomic E-state index is 13.1. The van der Waals surface area contributed by atoms with Crippen LogP contribution in [0, 0.1) is 0 Å². The normalized spacial score (nSPS) is 11.4. The number of hydrogen-bond acceptors (Lipinski definition) is 4. The molecule has 0 aliphatic heterocycles. The van der Waals surface area contributed by atoms with Gasteiger partial charge >= 0.3 is 0 Å². The Morgan fingerprint density at radius 3 is 2.28 bits per heavy atom. The molecule has 0 aliphatic rings. The van der Waals surface area contributed by atoms with Crippen molar-refractivity contribution < 1.29 is 9.53 Å². The number of benzene rings is 2. The first-order chi connectivity index (χ1) is 15.4. The lowest BCUT2D eigenvalue weighted by Gasteiger charge is -2.30. The Kier molecular flexibility index (Phi) is 8.06. The summed E-state index contributed by atoms with van der Waals surface area (Å²) in [6.07, 6.45) is 1.84. The summed E-state index contributed by atoms with van der Waals surface area (Å²) in [6, 6.07) is 18.6. The summed E-state index contributed by atoms with van der Waals surface area (Å²) in [5.74, 6) is 0.661. The van der Waals surface area contributed by atoms with Crippen molar-refractivity contribution in [2.45, 2.75) is 46.3 Å². The van der Waals surface area contributed by atoms with E-state index in [-0.39, 0.29) is 5.91 Å². The molecule has 0 aliphatic carbocycles. The van der Waals surface area contributed by atoms with Gasteiger partial charge in [0.15, 0.2) is 0 Å². The molecule has 0 atom stereocenters. The molecule has 170 valence electrons. The first-order valence-electron chi connectivity index (χ1n) is 11.2. The van der Waals surface area contributed by atoms with E-state index in [1.54, 1.807) is 7.11 Å².